The Balaban J connectivity index is 2.07. The molecular formula is C36H55N5O4. The largest absolute Gasteiger partial charge is 0.350 e. The van der Waals surface area contributed by atoms with Gasteiger partial charge >= 0.3 is 0 Å². The van der Waals surface area contributed by atoms with E-state index >= 15 is 0 Å². The summed E-state index contributed by atoms with van der Waals surface area (Å²) in [5.41, 5.74) is 8.49. The average molecular weight is 622 g/mol. The quantitative estimate of drug-likeness (QED) is 0.188. The summed E-state index contributed by atoms with van der Waals surface area (Å²) in [6, 6.07) is 14.8. The summed E-state index contributed by atoms with van der Waals surface area (Å²) in [6.07, 6.45) is 2.66. The van der Waals surface area contributed by atoms with Gasteiger partial charge in [-0.25, -0.2) is 0 Å². The Morgan fingerprint density at radius 2 is 1.40 bits per heavy atom. The van der Waals surface area contributed by atoms with Gasteiger partial charge in [-0.15, -0.1) is 0 Å². The Bertz CT molecular complexity index is 1230. The minimum absolute atomic E-state index is 0.0860. The number of carbonyl (C=O) groups is 4. The van der Waals surface area contributed by atoms with Gasteiger partial charge in [0.05, 0.1) is 0 Å². The van der Waals surface area contributed by atoms with Crippen molar-refractivity contribution in [1.82, 2.24) is 20.9 Å². The molecule has 4 amide bonds. The first kappa shape index (κ1) is 37.5. The summed E-state index contributed by atoms with van der Waals surface area (Å²) in [5.74, 6) is -1.25. The number of hydrogen-bond acceptors (Lipinski definition) is 5. The van der Waals surface area contributed by atoms with E-state index in [2.05, 4.69) is 29.8 Å². The zero-order valence-corrected chi connectivity index (χ0v) is 28.3. The highest BCUT2D eigenvalue weighted by Gasteiger charge is 2.29. The summed E-state index contributed by atoms with van der Waals surface area (Å²) in [5, 5.41) is 8.92. The van der Waals surface area contributed by atoms with Crippen LogP contribution >= 0.6 is 0 Å². The van der Waals surface area contributed by atoms with E-state index in [1.165, 1.54) is 0 Å². The van der Waals surface area contributed by atoms with Crippen molar-refractivity contribution in [1.29, 1.82) is 0 Å². The minimum Gasteiger partial charge on any atom is -0.350 e. The Morgan fingerprint density at radius 1 is 0.778 bits per heavy atom. The van der Waals surface area contributed by atoms with E-state index in [-0.39, 0.29) is 41.5 Å². The summed E-state index contributed by atoms with van der Waals surface area (Å²) >= 11 is 0. The highest BCUT2D eigenvalue weighted by Crippen LogP contribution is 2.17. The zero-order chi connectivity index (χ0) is 33.5. The predicted octanol–water partition coefficient (Wildman–Crippen LogP) is 4.90. The first-order chi connectivity index (χ1) is 21.4. The highest BCUT2D eigenvalue weighted by molar-refractivity contribution is 5.99. The number of amides is 4. The van der Waals surface area contributed by atoms with Gasteiger partial charge in [-0.2, -0.15) is 0 Å². The monoisotopic (exact) mass is 621 g/mol. The molecule has 1 unspecified atom stereocenters. The molecule has 9 heteroatoms. The lowest BCUT2D eigenvalue weighted by atomic mass is 9.90. The molecule has 0 bridgehead atoms. The van der Waals surface area contributed by atoms with Crippen LogP contribution in [0.5, 0.6) is 0 Å². The summed E-state index contributed by atoms with van der Waals surface area (Å²) < 4.78 is 0. The van der Waals surface area contributed by atoms with E-state index < -0.39 is 18.0 Å². The van der Waals surface area contributed by atoms with Gasteiger partial charge in [0, 0.05) is 48.8 Å². The second kappa shape index (κ2) is 18.9. The van der Waals surface area contributed by atoms with Gasteiger partial charge in [0.1, 0.15) is 6.04 Å². The standard InChI is InChI=1S/C36H55N5O4/c1-8-18-41(19-9-2)36(45)29-17-13-16-28(22-29)34(43)39-31(20-24(3)4)30(37)21-26(7)33(42)40-32(25(5)6)35(44)38-23-27-14-11-10-12-15-27/h10-17,22,24-26,30-32H,8-9,18-21,23,37H2,1-7H3,(H,38,44)(H,39,43)(H,40,42)/t26-,30+,31?,32+/m1/s1. The highest BCUT2D eigenvalue weighted by atomic mass is 16.2. The van der Waals surface area contributed by atoms with Gasteiger partial charge in [-0.3, -0.25) is 19.2 Å². The molecule has 0 aliphatic carbocycles. The molecule has 0 aliphatic heterocycles. The van der Waals surface area contributed by atoms with Gasteiger partial charge < -0.3 is 26.6 Å². The van der Waals surface area contributed by atoms with E-state index in [4.69, 9.17) is 5.73 Å². The molecule has 2 aromatic rings. The summed E-state index contributed by atoms with van der Waals surface area (Å²) in [6.45, 7) is 15.5. The number of nitrogens with zero attached hydrogens (tertiary/aromatic N) is 1. The molecule has 0 aliphatic rings. The molecule has 0 fully saturated rings. The zero-order valence-electron chi connectivity index (χ0n) is 28.3. The molecular weight excluding hydrogens is 566 g/mol. The second-order valence-corrected chi connectivity index (χ2v) is 12.8. The van der Waals surface area contributed by atoms with E-state index in [1.54, 1.807) is 31.2 Å². The molecule has 0 saturated heterocycles. The van der Waals surface area contributed by atoms with E-state index in [0.717, 1.165) is 18.4 Å². The number of nitrogens with two attached hydrogens (primary N) is 1. The van der Waals surface area contributed by atoms with Crippen molar-refractivity contribution in [2.24, 2.45) is 23.5 Å². The van der Waals surface area contributed by atoms with Crippen molar-refractivity contribution >= 4 is 23.6 Å². The van der Waals surface area contributed by atoms with Crippen LogP contribution in [0.1, 0.15) is 100 Å². The van der Waals surface area contributed by atoms with E-state index in [0.29, 0.717) is 43.6 Å². The van der Waals surface area contributed by atoms with Crippen LogP contribution in [0.3, 0.4) is 0 Å². The lowest BCUT2D eigenvalue weighted by Gasteiger charge is -2.29. The third-order valence-corrected chi connectivity index (χ3v) is 7.83. The third kappa shape index (κ3) is 12.3. The maximum atomic E-state index is 13.4. The minimum atomic E-state index is -0.688. The third-order valence-electron chi connectivity index (χ3n) is 7.83. The lowest BCUT2D eigenvalue weighted by molar-refractivity contribution is -0.132. The van der Waals surface area contributed by atoms with Crippen LogP contribution in [0.15, 0.2) is 54.6 Å². The van der Waals surface area contributed by atoms with Gasteiger partial charge in [-0.05, 0) is 61.3 Å². The Hall–Kier alpha value is -3.72. The molecule has 0 spiro atoms. The fourth-order valence-electron chi connectivity index (χ4n) is 5.34. The van der Waals surface area contributed by atoms with E-state index in [9.17, 15) is 19.2 Å². The van der Waals surface area contributed by atoms with Gasteiger partial charge in [-0.1, -0.05) is 84.9 Å². The first-order valence-electron chi connectivity index (χ1n) is 16.5. The molecule has 2 aromatic carbocycles. The number of carbonyl (C=O) groups excluding carboxylic acids is 4. The SMILES string of the molecule is CCCN(CCC)C(=O)c1cccc(C(=O)NC(CC(C)C)[C@@H](N)C[C@@H](C)C(=O)N[C@H](C(=O)NCc2ccccc2)C(C)C)c1. The molecule has 0 saturated carbocycles. The molecule has 0 radical (unpaired) electrons. The smallest absolute Gasteiger partial charge is 0.253 e. The summed E-state index contributed by atoms with van der Waals surface area (Å²) in [4.78, 5) is 54.6. The normalized spacial score (nSPS) is 13.9. The number of hydrogen-bond donors (Lipinski definition) is 4. The fourth-order valence-corrected chi connectivity index (χ4v) is 5.34. The molecule has 0 heterocycles. The van der Waals surface area contributed by atoms with Crippen molar-refractivity contribution in [3.05, 3.63) is 71.3 Å². The second-order valence-electron chi connectivity index (χ2n) is 12.8. The van der Waals surface area contributed by atoms with Crippen molar-refractivity contribution in [2.45, 2.75) is 98.8 Å². The van der Waals surface area contributed by atoms with Crippen LogP contribution in [0.4, 0.5) is 0 Å². The van der Waals surface area contributed by atoms with Gasteiger partial charge in [0.2, 0.25) is 11.8 Å². The molecule has 45 heavy (non-hydrogen) atoms. The van der Waals surface area contributed by atoms with Crippen LogP contribution in [-0.4, -0.2) is 59.7 Å². The van der Waals surface area contributed by atoms with Crippen molar-refractivity contribution in [3.8, 4) is 0 Å². The van der Waals surface area contributed by atoms with Crippen LogP contribution in [0.2, 0.25) is 0 Å². The number of nitrogens with one attached hydrogen (secondary N) is 3. The van der Waals surface area contributed by atoms with Crippen LogP contribution in [0.25, 0.3) is 0 Å². The number of rotatable bonds is 18. The Labute approximate surface area is 270 Å². The van der Waals surface area contributed by atoms with Crippen molar-refractivity contribution < 1.29 is 19.2 Å². The van der Waals surface area contributed by atoms with Crippen molar-refractivity contribution in [2.75, 3.05) is 13.1 Å². The number of benzene rings is 2. The molecule has 248 valence electrons. The average Bonchev–Trinajstić information content (AvgIpc) is 3.01. The maximum absolute atomic E-state index is 13.4. The van der Waals surface area contributed by atoms with Crippen molar-refractivity contribution in [3.63, 3.8) is 0 Å². The molecule has 0 aromatic heterocycles. The first-order valence-corrected chi connectivity index (χ1v) is 16.5. The molecule has 2 rings (SSSR count). The molecule has 4 atom stereocenters. The van der Waals surface area contributed by atoms with Crippen LogP contribution in [-0.2, 0) is 16.1 Å². The molecule has 9 nitrogen and oxygen atoms in total. The van der Waals surface area contributed by atoms with Crippen LogP contribution < -0.4 is 21.7 Å². The Kier molecular flexibility index (Phi) is 15.8. The summed E-state index contributed by atoms with van der Waals surface area (Å²) in [7, 11) is 0. The predicted molar refractivity (Wildman–Crippen MR) is 180 cm³/mol. The lowest BCUT2D eigenvalue weighted by Crippen LogP contribution is -2.53. The van der Waals surface area contributed by atoms with E-state index in [1.807, 2.05) is 62.9 Å². The van der Waals surface area contributed by atoms with Gasteiger partial charge in [0.15, 0.2) is 0 Å². The topological polar surface area (TPSA) is 134 Å². The Morgan fingerprint density at radius 3 is 1.98 bits per heavy atom. The molecule has 5 N–H and O–H groups in total. The van der Waals surface area contributed by atoms with Crippen LogP contribution in [0, 0.1) is 17.8 Å². The fraction of sp³-hybridized carbons (Fsp3) is 0.556. The van der Waals surface area contributed by atoms with Gasteiger partial charge in [0.25, 0.3) is 11.8 Å². The maximum Gasteiger partial charge on any atom is 0.253 e.